The lowest BCUT2D eigenvalue weighted by Crippen LogP contribution is -2.40. The minimum absolute atomic E-state index is 0.221. The molecule has 9 nitrogen and oxygen atoms in total. The number of fused-ring (bicyclic) bond motifs is 2. The van der Waals surface area contributed by atoms with E-state index >= 15 is 0 Å². The molecule has 12 heteroatoms. The van der Waals surface area contributed by atoms with E-state index in [4.69, 9.17) is 32.6 Å². The van der Waals surface area contributed by atoms with Gasteiger partial charge < -0.3 is 23.8 Å². The Labute approximate surface area is 288 Å². The third-order valence-corrected chi connectivity index (χ3v) is 10.9. The van der Waals surface area contributed by atoms with E-state index in [1.807, 2.05) is 95.7 Å². The zero-order chi connectivity index (χ0) is 33.8. The van der Waals surface area contributed by atoms with E-state index < -0.39 is 16.1 Å². The van der Waals surface area contributed by atoms with Gasteiger partial charge >= 0.3 is 0 Å². The zero-order valence-corrected chi connectivity index (χ0v) is 29.8. The first-order chi connectivity index (χ1) is 22.2. The van der Waals surface area contributed by atoms with Crippen molar-refractivity contribution in [2.45, 2.75) is 58.4 Å². The molecule has 2 unspecified atom stereocenters. The average molecular weight is 694 g/mol. The van der Waals surface area contributed by atoms with Crippen molar-refractivity contribution in [2.24, 2.45) is 7.05 Å². The van der Waals surface area contributed by atoms with E-state index in [9.17, 15) is 9.35 Å². The average Bonchev–Trinajstić information content (AvgIpc) is 3.59. The molecule has 0 saturated carbocycles. The first-order valence-electron chi connectivity index (χ1n) is 15.4. The standard InChI is InChI=1S/C35H38Cl2N6O3S/c1-19-22(24-12-9-13-26(30(24)37)39-33(44)32-38-28-18-42(6)15-14-29(28)43(32)7)10-8-11-23(19)34-40-27-17-21(16-25(36)31(27)46-34)20(2)41-47(45)35(3,4)5/h8-13,16-17,20,41H,14-15,18H2,1-7H3,(H,39,44). The summed E-state index contributed by atoms with van der Waals surface area (Å²) in [5.74, 6) is 0.462. The van der Waals surface area contributed by atoms with Gasteiger partial charge in [0.25, 0.3) is 5.91 Å². The SMILES string of the molecule is Cc1c(-c2nc3cc(C(C)N[S+]([O-])C(C)(C)C)cc(Cl)c3o2)cccc1-c1cccc(NC(=O)c2nc3c(n2C)CCN(C)C3)c1Cl. The van der Waals surface area contributed by atoms with Crippen LogP contribution in [-0.4, -0.2) is 48.2 Å². The normalized spacial score (nSPS) is 15.1. The number of carbonyl (C=O) groups excluding carboxylic acids is 1. The summed E-state index contributed by atoms with van der Waals surface area (Å²) in [6.45, 7) is 11.3. The van der Waals surface area contributed by atoms with Crippen molar-refractivity contribution in [2.75, 3.05) is 18.9 Å². The second kappa shape index (κ2) is 12.9. The van der Waals surface area contributed by atoms with Crippen molar-refractivity contribution in [3.05, 3.63) is 86.9 Å². The molecule has 3 heterocycles. The van der Waals surface area contributed by atoms with Gasteiger partial charge in [-0.2, -0.15) is 0 Å². The Kier molecular flexibility index (Phi) is 9.21. The van der Waals surface area contributed by atoms with Crippen molar-refractivity contribution in [1.82, 2.24) is 24.2 Å². The molecule has 0 fully saturated rings. The summed E-state index contributed by atoms with van der Waals surface area (Å²) >= 11 is 12.4. The molecule has 0 spiro atoms. The first-order valence-corrected chi connectivity index (χ1v) is 17.3. The summed E-state index contributed by atoms with van der Waals surface area (Å²) in [7, 11) is 3.93. The van der Waals surface area contributed by atoms with Crippen LogP contribution in [0.25, 0.3) is 33.7 Å². The van der Waals surface area contributed by atoms with Gasteiger partial charge in [-0.25, -0.2) is 9.97 Å². The smallest absolute Gasteiger partial charge is 0.291 e. The Morgan fingerprint density at radius 1 is 1.06 bits per heavy atom. The van der Waals surface area contributed by atoms with Gasteiger partial charge in [-0.1, -0.05) is 47.5 Å². The molecule has 2 aromatic heterocycles. The van der Waals surface area contributed by atoms with Crippen molar-refractivity contribution in [1.29, 1.82) is 0 Å². The highest BCUT2D eigenvalue weighted by molar-refractivity contribution is 7.90. The highest BCUT2D eigenvalue weighted by atomic mass is 35.5. The second-order valence-corrected chi connectivity index (χ2v) is 15.8. The lowest BCUT2D eigenvalue weighted by Gasteiger charge is -2.26. The molecule has 0 aliphatic carbocycles. The number of aromatic nitrogens is 3. The van der Waals surface area contributed by atoms with E-state index in [1.54, 1.807) is 6.07 Å². The molecule has 2 N–H and O–H groups in total. The number of benzene rings is 3. The van der Waals surface area contributed by atoms with Crippen LogP contribution < -0.4 is 10.0 Å². The van der Waals surface area contributed by atoms with Crippen LogP contribution >= 0.6 is 23.2 Å². The fourth-order valence-electron chi connectivity index (χ4n) is 5.82. The number of anilines is 1. The van der Waals surface area contributed by atoms with Crippen LogP contribution in [0.2, 0.25) is 10.0 Å². The van der Waals surface area contributed by atoms with Crippen molar-refractivity contribution in [3.63, 3.8) is 0 Å². The zero-order valence-electron chi connectivity index (χ0n) is 27.5. The molecular formula is C35H38Cl2N6O3S. The molecule has 1 aliphatic rings. The lowest BCUT2D eigenvalue weighted by molar-refractivity contribution is 0.101. The fourth-order valence-corrected chi connectivity index (χ4v) is 7.17. The number of nitrogens with zero attached hydrogens (tertiary/aromatic N) is 4. The maximum Gasteiger partial charge on any atom is 0.291 e. The lowest BCUT2D eigenvalue weighted by atomic mass is 9.96. The van der Waals surface area contributed by atoms with E-state index in [0.29, 0.717) is 45.1 Å². The largest absolute Gasteiger partial charge is 0.598 e. The maximum atomic E-state index is 13.4. The topological polar surface area (TPSA) is 111 Å². The number of amides is 1. The number of hydrogen-bond acceptors (Lipinski definition) is 7. The molecule has 1 aliphatic heterocycles. The second-order valence-electron chi connectivity index (χ2n) is 13.1. The Balaban J connectivity index is 1.29. The fraction of sp³-hybridized carbons (Fsp3) is 0.343. The van der Waals surface area contributed by atoms with Crippen LogP contribution in [0.15, 0.2) is 52.9 Å². The predicted octanol–water partition coefficient (Wildman–Crippen LogP) is 7.86. The van der Waals surface area contributed by atoms with Gasteiger partial charge in [0.05, 0.1) is 27.5 Å². The monoisotopic (exact) mass is 692 g/mol. The summed E-state index contributed by atoms with van der Waals surface area (Å²) in [5.41, 5.74) is 7.75. The molecular weight excluding hydrogens is 655 g/mol. The number of hydrogen-bond donors (Lipinski definition) is 2. The van der Waals surface area contributed by atoms with Crippen LogP contribution in [-0.2, 0) is 31.4 Å². The van der Waals surface area contributed by atoms with Gasteiger partial charge in [-0.05, 0) is 82.6 Å². The molecule has 47 heavy (non-hydrogen) atoms. The summed E-state index contributed by atoms with van der Waals surface area (Å²) in [4.78, 5) is 25.0. The maximum absolute atomic E-state index is 13.4. The Hall–Kier alpha value is -3.38. The van der Waals surface area contributed by atoms with Gasteiger partial charge in [0.15, 0.2) is 11.4 Å². The number of oxazole rings is 1. The van der Waals surface area contributed by atoms with Gasteiger partial charge in [0, 0.05) is 54.7 Å². The predicted molar refractivity (Wildman–Crippen MR) is 190 cm³/mol. The summed E-state index contributed by atoms with van der Waals surface area (Å²) in [6, 6.07) is 14.9. The van der Waals surface area contributed by atoms with Crippen LogP contribution in [0.5, 0.6) is 0 Å². The van der Waals surface area contributed by atoms with E-state index in [2.05, 4.69) is 19.9 Å². The molecule has 0 bridgehead atoms. The highest BCUT2D eigenvalue weighted by Crippen LogP contribution is 2.40. The molecule has 3 aromatic carbocycles. The van der Waals surface area contributed by atoms with Crippen LogP contribution in [0, 0.1) is 6.92 Å². The number of carbonyl (C=O) groups is 1. The molecule has 2 atom stereocenters. The van der Waals surface area contributed by atoms with Gasteiger partial charge in [0.2, 0.25) is 5.89 Å². The van der Waals surface area contributed by atoms with Crippen molar-refractivity contribution in [3.8, 4) is 22.6 Å². The third-order valence-electron chi connectivity index (χ3n) is 8.56. The van der Waals surface area contributed by atoms with Gasteiger partial charge in [0.1, 0.15) is 10.3 Å². The molecule has 1 amide bonds. The molecule has 0 radical (unpaired) electrons. The Morgan fingerprint density at radius 2 is 1.77 bits per heavy atom. The van der Waals surface area contributed by atoms with Crippen LogP contribution in [0.1, 0.15) is 66.9 Å². The summed E-state index contributed by atoms with van der Waals surface area (Å²) < 4.78 is 23.5. The number of halogens is 2. The quantitative estimate of drug-likeness (QED) is 0.167. The third kappa shape index (κ3) is 6.55. The van der Waals surface area contributed by atoms with Gasteiger partial charge in [-0.3, -0.25) is 4.79 Å². The van der Waals surface area contributed by atoms with E-state index in [0.717, 1.165) is 52.2 Å². The molecule has 246 valence electrons. The molecule has 0 saturated heterocycles. The van der Waals surface area contributed by atoms with E-state index in [-0.39, 0.29) is 11.9 Å². The minimum atomic E-state index is -1.25. The Morgan fingerprint density at radius 3 is 2.51 bits per heavy atom. The molecule has 5 aromatic rings. The van der Waals surface area contributed by atoms with E-state index in [1.165, 1.54) is 0 Å². The number of rotatable bonds is 7. The first kappa shape index (κ1) is 33.5. The van der Waals surface area contributed by atoms with Crippen molar-refractivity contribution < 1.29 is 13.8 Å². The summed E-state index contributed by atoms with van der Waals surface area (Å²) in [5, 5.41) is 3.82. The number of nitrogens with one attached hydrogen (secondary N) is 2. The number of imidazole rings is 1. The van der Waals surface area contributed by atoms with Crippen LogP contribution in [0.3, 0.4) is 0 Å². The van der Waals surface area contributed by atoms with Crippen LogP contribution in [0.4, 0.5) is 5.69 Å². The van der Waals surface area contributed by atoms with Crippen molar-refractivity contribution >= 4 is 57.3 Å². The van der Waals surface area contributed by atoms with Gasteiger partial charge in [-0.15, -0.1) is 4.72 Å². The highest BCUT2D eigenvalue weighted by Gasteiger charge is 2.29. The Bertz CT molecular complexity index is 2000. The molecule has 6 rings (SSSR count). The minimum Gasteiger partial charge on any atom is -0.598 e. The number of likely N-dealkylation sites (N-methyl/N-ethyl adjacent to an activating group) is 1. The summed E-state index contributed by atoms with van der Waals surface area (Å²) in [6.07, 6.45) is 0.845.